The number of hydrogen-bond acceptors (Lipinski definition) is 2. The monoisotopic (exact) mass is 282 g/mol. The normalized spacial score (nSPS) is 33.4. The third-order valence-electron chi connectivity index (χ3n) is 4.14. The molecule has 0 radical (unpaired) electrons. The molecule has 2 saturated heterocycles. The summed E-state index contributed by atoms with van der Waals surface area (Å²) in [5.41, 5.74) is 0.342. The fourth-order valence-electron chi connectivity index (χ4n) is 3.11. The molecule has 0 aromatic carbocycles. The maximum atomic E-state index is 3.65. The molecule has 2 aliphatic heterocycles. The Labute approximate surface area is 119 Å². The number of hydrogen-bond donors (Lipinski definition) is 1. The van der Waals surface area contributed by atoms with Gasteiger partial charge >= 0.3 is 0 Å². The highest BCUT2D eigenvalue weighted by Crippen LogP contribution is 2.28. The van der Waals surface area contributed by atoms with E-state index in [-0.39, 0.29) is 24.8 Å². The van der Waals surface area contributed by atoms with Gasteiger partial charge in [-0.2, -0.15) is 0 Å². The maximum absolute atomic E-state index is 3.65. The molecular weight excluding hydrogens is 255 g/mol. The molecule has 17 heavy (non-hydrogen) atoms. The van der Waals surface area contributed by atoms with Gasteiger partial charge in [0.15, 0.2) is 0 Å². The Hall–Kier alpha value is 0.500. The molecule has 4 heteroatoms. The highest BCUT2D eigenvalue weighted by Gasteiger charge is 2.35. The molecule has 2 heterocycles. The van der Waals surface area contributed by atoms with E-state index in [1.54, 1.807) is 0 Å². The predicted octanol–water partition coefficient (Wildman–Crippen LogP) is 3.09. The van der Waals surface area contributed by atoms with E-state index in [0.717, 1.165) is 12.0 Å². The van der Waals surface area contributed by atoms with Crippen LogP contribution in [-0.4, -0.2) is 36.1 Å². The zero-order valence-corrected chi connectivity index (χ0v) is 13.0. The number of nitrogens with zero attached hydrogens (tertiary/aromatic N) is 1. The first-order valence-electron chi connectivity index (χ1n) is 6.57. The summed E-state index contributed by atoms with van der Waals surface area (Å²) in [5.74, 6) is 0.816. The molecule has 2 aliphatic rings. The Morgan fingerprint density at radius 2 is 1.65 bits per heavy atom. The van der Waals surface area contributed by atoms with Crippen molar-refractivity contribution in [3.63, 3.8) is 0 Å². The van der Waals surface area contributed by atoms with Gasteiger partial charge in [0.25, 0.3) is 0 Å². The van der Waals surface area contributed by atoms with Crippen LogP contribution in [0.3, 0.4) is 0 Å². The molecule has 0 aromatic rings. The van der Waals surface area contributed by atoms with Crippen molar-refractivity contribution in [2.24, 2.45) is 5.92 Å². The maximum Gasteiger partial charge on any atom is 0.0150 e. The second-order valence-electron chi connectivity index (χ2n) is 6.11. The lowest BCUT2D eigenvalue weighted by Crippen LogP contribution is -2.57. The van der Waals surface area contributed by atoms with Crippen LogP contribution >= 0.6 is 24.8 Å². The second-order valence-corrected chi connectivity index (χ2v) is 6.11. The van der Waals surface area contributed by atoms with E-state index in [4.69, 9.17) is 0 Å². The van der Waals surface area contributed by atoms with Crippen molar-refractivity contribution in [1.29, 1.82) is 0 Å². The number of nitrogens with one attached hydrogen (secondary N) is 1. The van der Waals surface area contributed by atoms with Crippen LogP contribution in [-0.2, 0) is 0 Å². The van der Waals surface area contributed by atoms with Crippen molar-refractivity contribution in [1.82, 2.24) is 10.2 Å². The van der Waals surface area contributed by atoms with Crippen LogP contribution in [0.15, 0.2) is 0 Å². The number of likely N-dealkylation sites (tertiary alicyclic amines) is 1. The second kappa shape index (κ2) is 7.18. The summed E-state index contributed by atoms with van der Waals surface area (Å²) in [6.07, 6.45) is 5.58. The van der Waals surface area contributed by atoms with Crippen LogP contribution in [0.4, 0.5) is 0 Å². The number of halogens is 2. The van der Waals surface area contributed by atoms with Gasteiger partial charge in [-0.3, -0.25) is 0 Å². The molecule has 0 aliphatic carbocycles. The molecule has 0 amide bonds. The molecule has 1 N–H and O–H groups in total. The third kappa shape index (κ3) is 4.59. The van der Waals surface area contributed by atoms with Crippen molar-refractivity contribution in [3.05, 3.63) is 0 Å². The smallest absolute Gasteiger partial charge is 0.0150 e. The van der Waals surface area contributed by atoms with Crippen LogP contribution in [0.1, 0.15) is 46.5 Å². The molecule has 2 unspecified atom stereocenters. The lowest BCUT2D eigenvalue weighted by molar-refractivity contribution is 0.0639. The fraction of sp³-hybridized carbons (Fsp3) is 1.00. The summed E-state index contributed by atoms with van der Waals surface area (Å²) in [7, 11) is 0. The molecule has 104 valence electrons. The molecule has 2 rings (SSSR count). The van der Waals surface area contributed by atoms with Crippen molar-refractivity contribution in [2.45, 2.75) is 58.0 Å². The minimum atomic E-state index is 0. The number of piperidine rings is 2. The van der Waals surface area contributed by atoms with Gasteiger partial charge in [-0.25, -0.2) is 0 Å². The average molecular weight is 283 g/mol. The standard InChI is InChI=1S/C13H26N2.2ClH/c1-11-10-14-13(2,3)9-12(11)15-7-5-4-6-8-15;;/h11-12,14H,4-10H2,1-3H3;2*1H. The molecule has 0 spiro atoms. The third-order valence-corrected chi connectivity index (χ3v) is 4.14. The van der Waals surface area contributed by atoms with Crippen LogP contribution in [0, 0.1) is 5.92 Å². The molecule has 0 saturated carbocycles. The summed E-state index contributed by atoms with van der Waals surface area (Å²) in [6.45, 7) is 11.0. The summed E-state index contributed by atoms with van der Waals surface area (Å²) in [5, 5.41) is 3.65. The van der Waals surface area contributed by atoms with Gasteiger partial charge in [0.05, 0.1) is 0 Å². The Balaban J connectivity index is 0.00000128. The summed E-state index contributed by atoms with van der Waals surface area (Å²) in [4.78, 5) is 2.75. The topological polar surface area (TPSA) is 15.3 Å². The Morgan fingerprint density at radius 3 is 2.24 bits per heavy atom. The number of rotatable bonds is 1. The largest absolute Gasteiger partial charge is 0.311 e. The van der Waals surface area contributed by atoms with E-state index in [9.17, 15) is 0 Å². The van der Waals surface area contributed by atoms with Gasteiger partial charge in [-0.05, 0) is 58.7 Å². The first kappa shape index (κ1) is 17.5. The minimum absolute atomic E-state index is 0. The van der Waals surface area contributed by atoms with Gasteiger partial charge in [-0.1, -0.05) is 13.3 Å². The SMILES string of the molecule is CC1CNC(C)(C)CC1N1CCCCC1.Cl.Cl. The van der Waals surface area contributed by atoms with Crippen LogP contribution in [0.25, 0.3) is 0 Å². The highest BCUT2D eigenvalue weighted by molar-refractivity contribution is 5.85. The molecule has 2 atom stereocenters. The van der Waals surface area contributed by atoms with Crippen molar-refractivity contribution >= 4 is 24.8 Å². The molecule has 2 nitrogen and oxygen atoms in total. The van der Waals surface area contributed by atoms with E-state index in [1.165, 1.54) is 45.3 Å². The van der Waals surface area contributed by atoms with E-state index >= 15 is 0 Å². The van der Waals surface area contributed by atoms with Crippen LogP contribution in [0.2, 0.25) is 0 Å². The van der Waals surface area contributed by atoms with Gasteiger partial charge in [0.2, 0.25) is 0 Å². The van der Waals surface area contributed by atoms with Gasteiger partial charge in [0.1, 0.15) is 0 Å². The van der Waals surface area contributed by atoms with E-state index in [0.29, 0.717) is 5.54 Å². The van der Waals surface area contributed by atoms with Gasteiger partial charge in [0, 0.05) is 11.6 Å². The van der Waals surface area contributed by atoms with Gasteiger partial charge in [-0.15, -0.1) is 24.8 Å². The van der Waals surface area contributed by atoms with E-state index in [2.05, 4.69) is 31.0 Å². The summed E-state index contributed by atoms with van der Waals surface area (Å²) >= 11 is 0. The Bertz CT molecular complexity index is 215. The summed E-state index contributed by atoms with van der Waals surface area (Å²) < 4.78 is 0. The molecule has 0 bridgehead atoms. The van der Waals surface area contributed by atoms with E-state index in [1.807, 2.05) is 0 Å². The van der Waals surface area contributed by atoms with Crippen molar-refractivity contribution < 1.29 is 0 Å². The first-order valence-corrected chi connectivity index (χ1v) is 6.57. The lowest BCUT2D eigenvalue weighted by atomic mass is 9.82. The van der Waals surface area contributed by atoms with Crippen LogP contribution < -0.4 is 5.32 Å². The Morgan fingerprint density at radius 1 is 1.06 bits per heavy atom. The van der Waals surface area contributed by atoms with Gasteiger partial charge < -0.3 is 10.2 Å². The minimum Gasteiger partial charge on any atom is -0.311 e. The zero-order chi connectivity index (χ0) is 10.9. The van der Waals surface area contributed by atoms with Crippen molar-refractivity contribution in [3.8, 4) is 0 Å². The van der Waals surface area contributed by atoms with Crippen LogP contribution in [0.5, 0.6) is 0 Å². The average Bonchev–Trinajstić information content (AvgIpc) is 2.23. The quantitative estimate of drug-likeness (QED) is 0.795. The zero-order valence-electron chi connectivity index (χ0n) is 11.4. The fourth-order valence-corrected chi connectivity index (χ4v) is 3.11. The molecule has 2 fully saturated rings. The summed E-state index contributed by atoms with van der Waals surface area (Å²) in [6, 6.07) is 0.821. The highest BCUT2D eigenvalue weighted by atomic mass is 35.5. The molecule has 0 aromatic heterocycles. The Kier molecular flexibility index (Phi) is 7.39. The molecular formula is C13H28Cl2N2. The predicted molar refractivity (Wildman–Crippen MR) is 79.6 cm³/mol. The van der Waals surface area contributed by atoms with Crippen molar-refractivity contribution in [2.75, 3.05) is 19.6 Å². The van der Waals surface area contributed by atoms with E-state index < -0.39 is 0 Å². The first-order chi connectivity index (χ1) is 7.08. The lowest BCUT2D eigenvalue weighted by Gasteiger charge is -2.46.